The van der Waals surface area contributed by atoms with Gasteiger partial charge in [-0.25, -0.2) is 4.39 Å². The van der Waals surface area contributed by atoms with Gasteiger partial charge in [-0.05, 0) is 31.5 Å². The van der Waals surface area contributed by atoms with Crippen LogP contribution in [0.5, 0.6) is 0 Å². The Balaban J connectivity index is 1.85. The summed E-state index contributed by atoms with van der Waals surface area (Å²) in [6.45, 7) is 3.56. The van der Waals surface area contributed by atoms with Crippen molar-refractivity contribution in [2.75, 3.05) is 7.11 Å². The molecule has 2 fully saturated rings. The molecule has 3 rings (SSSR count). The summed E-state index contributed by atoms with van der Waals surface area (Å²) in [6, 6.07) is 4.13. The predicted octanol–water partition coefficient (Wildman–Crippen LogP) is 2.40. The van der Waals surface area contributed by atoms with Crippen molar-refractivity contribution in [2.45, 2.75) is 50.3 Å². The zero-order valence-electron chi connectivity index (χ0n) is 12.5. The zero-order chi connectivity index (χ0) is 16.1. The Morgan fingerprint density at radius 3 is 2.64 bits per heavy atom. The lowest BCUT2D eigenvalue weighted by atomic mass is 9.99. The first-order valence-corrected chi connectivity index (χ1v) is 7.37. The van der Waals surface area contributed by atoms with Gasteiger partial charge in [-0.1, -0.05) is 17.7 Å². The average Bonchev–Trinajstić information content (AvgIpc) is 2.94. The Labute approximate surface area is 132 Å². The second-order valence-electron chi connectivity index (χ2n) is 5.89. The maximum Gasteiger partial charge on any atom is 0.186 e. The average molecular weight is 333 g/mol. The normalized spacial score (nSPS) is 34.6. The van der Waals surface area contributed by atoms with Crippen molar-refractivity contribution in [3.05, 3.63) is 34.6 Å². The molecular weight excluding hydrogens is 315 g/mol. The Bertz CT molecular complexity index is 567. The first-order valence-electron chi connectivity index (χ1n) is 6.99. The standard InChI is InChI=1S/C15H18ClFO5/c1-15(2)21-12-11(20-14(19-3)13(12)22-15)10(18)7-4-5-8(16)9(17)6-7/h4-6,10-14,18H,1-3H3/t10-,11+,12+,13+,14+/m0/s1. The van der Waals surface area contributed by atoms with Crippen molar-refractivity contribution in [2.24, 2.45) is 0 Å². The molecule has 1 aromatic carbocycles. The van der Waals surface area contributed by atoms with E-state index in [9.17, 15) is 9.50 Å². The monoisotopic (exact) mass is 332 g/mol. The van der Waals surface area contributed by atoms with Gasteiger partial charge in [0, 0.05) is 7.11 Å². The van der Waals surface area contributed by atoms with Crippen LogP contribution in [-0.4, -0.2) is 42.6 Å². The van der Waals surface area contributed by atoms with E-state index in [1.54, 1.807) is 19.9 Å². The van der Waals surface area contributed by atoms with Crippen molar-refractivity contribution in [3.63, 3.8) is 0 Å². The van der Waals surface area contributed by atoms with Crippen LogP contribution in [0.3, 0.4) is 0 Å². The number of halogens is 2. The van der Waals surface area contributed by atoms with E-state index >= 15 is 0 Å². The highest BCUT2D eigenvalue weighted by Crippen LogP contribution is 2.42. The van der Waals surface area contributed by atoms with E-state index < -0.39 is 42.3 Å². The van der Waals surface area contributed by atoms with E-state index in [4.69, 9.17) is 30.5 Å². The Hall–Kier alpha value is -0.760. The fraction of sp³-hybridized carbons (Fsp3) is 0.600. The summed E-state index contributed by atoms with van der Waals surface area (Å²) in [4.78, 5) is 0. The van der Waals surface area contributed by atoms with E-state index in [1.165, 1.54) is 19.2 Å². The molecule has 5 atom stereocenters. The van der Waals surface area contributed by atoms with Crippen LogP contribution in [0.2, 0.25) is 5.02 Å². The van der Waals surface area contributed by atoms with Crippen molar-refractivity contribution >= 4 is 11.6 Å². The largest absolute Gasteiger partial charge is 0.386 e. The van der Waals surface area contributed by atoms with Crippen LogP contribution in [0.1, 0.15) is 25.5 Å². The quantitative estimate of drug-likeness (QED) is 0.921. The molecule has 0 aromatic heterocycles. The maximum atomic E-state index is 13.6. The topological polar surface area (TPSA) is 57.2 Å². The highest BCUT2D eigenvalue weighted by molar-refractivity contribution is 6.30. The van der Waals surface area contributed by atoms with Gasteiger partial charge in [0.05, 0.1) is 5.02 Å². The third-order valence-electron chi connectivity index (χ3n) is 3.88. The van der Waals surface area contributed by atoms with Crippen LogP contribution in [-0.2, 0) is 18.9 Å². The number of benzene rings is 1. The van der Waals surface area contributed by atoms with Crippen LogP contribution in [0, 0.1) is 5.82 Å². The van der Waals surface area contributed by atoms with Gasteiger partial charge in [0.2, 0.25) is 0 Å². The zero-order valence-corrected chi connectivity index (χ0v) is 13.2. The highest BCUT2D eigenvalue weighted by Gasteiger charge is 2.57. The summed E-state index contributed by atoms with van der Waals surface area (Å²) >= 11 is 5.66. The molecule has 0 spiro atoms. The van der Waals surface area contributed by atoms with E-state index in [0.717, 1.165) is 0 Å². The second-order valence-corrected chi connectivity index (χ2v) is 6.30. The van der Waals surface area contributed by atoms with Crippen LogP contribution in [0.4, 0.5) is 4.39 Å². The first kappa shape index (κ1) is 16.1. The SMILES string of the molecule is CO[C@@H]1O[C@H]([C@@H](O)c2ccc(Cl)c(F)c2)[C@H]2OC(C)(C)O[C@@H]12. The van der Waals surface area contributed by atoms with E-state index in [-0.39, 0.29) is 5.02 Å². The molecule has 5 nitrogen and oxygen atoms in total. The minimum Gasteiger partial charge on any atom is -0.386 e. The van der Waals surface area contributed by atoms with Crippen LogP contribution < -0.4 is 0 Å². The molecule has 0 bridgehead atoms. The second kappa shape index (κ2) is 5.70. The number of hydrogen-bond acceptors (Lipinski definition) is 5. The maximum absolute atomic E-state index is 13.6. The summed E-state index contributed by atoms with van der Waals surface area (Å²) in [5.74, 6) is -1.39. The fourth-order valence-corrected chi connectivity index (χ4v) is 3.04. The summed E-state index contributed by atoms with van der Waals surface area (Å²) in [5, 5.41) is 10.5. The van der Waals surface area contributed by atoms with Gasteiger partial charge < -0.3 is 24.1 Å². The molecule has 1 N–H and O–H groups in total. The number of rotatable bonds is 3. The summed E-state index contributed by atoms with van der Waals surface area (Å²) in [5.41, 5.74) is 0.357. The number of ether oxygens (including phenoxy) is 4. The number of aliphatic hydroxyl groups is 1. The molecule has 122 valence electrons. The molecular formula is C15H18ClFO5. The number of hydrogen-bond donors (Lipinski definition) is 1. The minimum absolute atomic E-state index is 0.00230. The van der Waals surface area contributed by atoms with Crippen LogP contribution in [0.25, 0.3) is 0 Å². The van der Waals surface area contributed by atoms with Crippen molar-refractivity contribution in [3.8, 4) is 0 Å². The van der Waals surface area contributed by atoms with Gasteiger partial charge in [0.25, 0.3) is 0 Å². The van der Waals surface area contributed by atoms with Crippen LogP contribution >= 0.6 is 11.6 Å². The molecule has 2 aliphatic rings. The summed E-state index contributed by atoms with van der Waals surface area (Å²) in [6.07, 6.45) is -3.41. The molecule has 2 aliphatic heterocycles. The van der Waals surface area contributed by atoms with Crippen molar-refractivity contribution < 1.29 is 28.4 Å². The molecule has 0 unspecified atom stereocenters. The highest BCUT2D eigenvalue weighted by atomic mass is 35.5. The first-order chi connectivity index (χ1) is 10.3. The molecule has 1 aromatic rings. The predicted molar refractivity (Wildman–Crippen MR) is 75.9 cm³/mol. The number of fused-ring (bicyclic) bond motifs is 1. The third kappa shape index (κ3) is 2.75. The van der Waals surface area contributed by atoms with Gasteiger partial charge in [-0.3, -0.25) is 0 Å². The molecule has 0 amide bonds. The smallest absolute Gasteiger partial charge is 0.186 e. The molecule has 0 saturated carbocycles. The molecule has 7 heteroatoms. The van der Waals surface area contributed by atoms with E-state index in [2.05, 4.69) is 0 Å². The van der Waals surface area contributed by atoms with Gasteiger partial charge in [0.1, 0.15) is 30.2 Å². The lowest BCUT2D eigenvalue weighted by Crippen LogP contribution is -2.34. The van der Waals surface area contributed by atoms with Crippen LogP contribution in [0.15, 0.2) is 18.2 Å². The lowest BCUT2D eigenvalue weighted by molar-refractivity contribution is -0.237. The van der Waals surface area contributed by atoms with E-state index in [0.29, 0.717) is 5.56 Å². The Morgan fingerprint density at radius 1 is 1.32 bits per heavy atom. The molecule has 2 saturated heterocycles. The molecule has 22 heavy (non-hydrogen) atoms. The van der Waals surface area contributed by atoms with Gasteiger partial charge in [-0.15, -0.1) is 0 Å². The Morgan fingerprint density at radius 2 is 2.00 bits per heavy atom. The minimum atomic E-state index is -1.09. The van der Waals surface area contributed by atoms with Gasteiger partial charge >= 0.3 is 0 Å². The van der Waals surface area contributed by atoms with Gasteiger partial charge in [0.15, 0.2) is 12.1 Å². The van der Waals surface area contributed by atoms with E-state index in [1.807, 2.05) is 0 Å². The fourth-order valence-electron chi connectivity index (χ4n) is 2.92. The molecule has 0 radical (unpaired) electrons. The summed E-state index contributed by atoms with van der Waals surface area (Å²) < 4.78 is 36.1. The van der Waals surface area contributed by atoms with Crippen molar-refractivity contribution in [1.29, 1.82) is 0 Å². The third-order valence-corrected chi connectivity index (χ3v) is 4.18. The van der Waals surface area contributed by atoms with Gasteiger partial charge in [-0.2, -0.15) is 0 Å². The lowest BCUT2D eigenvalue weighted by Gasteiger charge is -2.26. The number of methoxy groups -OCH3 is 1. The number of aliphatic hydroxyl groups excluding tert-OH is 1. The molecule has 0 aliphatic carbocycles. The Kier molecular flexibility index (Phi) is 4.18. The van der Waals surface area contributed by atoms with Crippen molar-refractivity contribution in [1.82, 2.24) is 0 Å². The summed E-state index contributed by atoms with van der Waals surface area (Å²) in [7, 11) is 1.49. The molecule has 2 heterocycles.